The Labute approximate surface area is 514 Å². The number of hydrogen-bond donors (Lipinski definition) is 3. The zero-order valence-electron chi connectivity index (χ0n) is 56.0. The van der Waals surface area contributed by atoms with E-state index in [1.165, 1.54) is 372 Å². The maximum atomic E-state index is 12.5. The number of rotatable bonds is 72. The van der Waals surface area contributed by atoms with Gasteiger partial charge in [0.15, 0.2) is 0 Å². The molecule has 0 aliphatic rings. The number of carbonyl (C=O) groups is 2. The molecule has 0 aliphatic carbocycles. The first-order valence-electron chi connectivity index (χ1n) is 38.0. The number of aliphatic hydroxyl groups excluding tert-OH is 2. The summed E-state index contributed by atoms with van der Waals surface area (Å²) in [4.78, 5) is 24.6. The van der Waals surface area contributed by atoms with Crippen molar-refractivity contribution in [3.63, 3.8) is 0 Å². The minimum absolute atomic E-state index is 0.0224. The monoisotopic (exact) mass is 1160 g/mol. The van der Waals surface area contributed by atoms with Crippen LogP contribution in [0.25, 0.3) is 0 Å². The molecule has 6 heteroatoms. The van der Waals surface area contributed by atoms with Crippen LogP contribution in [0.4, 0.5) is 0 Å². The first-order valence-corrected chi connectivity index (χ1v) is 38.0. The number of hydrogen-bond acceptors (Lipinski definition) is 5. The first-order chi connectivity index (χ1) is 40.5. The van der Waals surface area contributed by atoms with E-state index < -0.39 is 12.1 Å². The number of carbonyl (C=O) groups excluding carboxylic acids is 2. The van der Waals surface area contributed by atoms with Crippen LogP contribution in [0.3, 0.4) is 0 Å². The van der Waals surface area contributed by atoms with Gasteiger partial charge in [0.1, 0.15) is 0 Å². The van der Waals surface area contributed by atoms with Gasteiger partial charge in [0.25, 0.3) is 0 Å². The van der Waals surface area contributed by atoms with Crippen molar-refractivity contribution in [2.45, 2.75) is 450 Å². The van der Waals surface area contributed by atoms with Gasteiger partial charge in [0.2, 0.25) is 5.91 Å². The molecule has 82 heavy (non-hydrogen) atoms. The summed E-state index contributed by atoms with van der Waals surface area (Å²) in [5.74, 6) is -0.0376. The molecule has 0 spiro atoms. The third kappa shape index (κ3) is 67.7. The zero-order valence-corrected chi connectivity index (χ0v) is 56.0. The highest BCUT2D eigenvalue weighted by Crippen LogP contribution is 2.20. The molecule has 488 valence electrons. The lowest BCUT2D eigenvalue weighted by Gasteiger charge is -2.20. The number of allylic oxidation sites excluding steroid dienone is 1. The van der Waals surface area contributed by atoms with Gasteiger partial charge >= 0.3 is 5.97 Å². The van der Waals surface area contributed by atoms with Gasteiger partial charge < -0.3 is 20.3 Å². The Hall–Kier alpha value is -1.40. The number of aliphatic hydroxyl groups is 2. The number of unbranched alkanes of at least 4 members (excludes halogenated alkanes) is 61. The quantitative estimate of drug-likeness (QED) is 0.0320. The van der Waals surface area contributed by atoms with E-state index in [0.717, 1.165) is 38.5 Å². The average molecular weight is 1160 g/mol. The second kappa shape index (κ2) is 72.1. The molecule has 6 nitrogen and oxygen atoms in total. The lowest BCUT2D eigenvalue weighted by molar-refractivity contribution is -0.143. The van der Waals surface area contributed by atoms with Crippen molar-refractivity contribution in [2.24, 2.45) is 0 Å². The van der Waals surface area contributed by atoms with Crippen LogP contribution in [0.15, 0.2) is 12.2 Å². The Morgan fingerprint density at radius 2 is 0.561 bits per heavy atom. The third-order valence-corrected chi connectivity index (χ3v) is 18.1. The molecule has 0 bridgehead atoms. The van der Waals surface area contributed by atoms with Crippen molar-refractivity contribution in [1.29, 1.82) is 0 Å². The summed E-state index contributed by atoms with van der Waals surface area (Å²) in [6.07, 6.45) is 90.3. The van der Waals surface area contributed by atoms with E-state index in [2.05, 4.69) is 19.2 Å². The lowest BCUT2D eigenvalue weighted by Crippen LogP contribution is -2.45. The fourth-order valence-electron chi connectivity index (χ4n) is 12.3. The summed E-state index contributed by atoms with van der Waals surface area (Å²) in [6.45, 7) is 4.96. The molecule has 0 aromatic rings. The number of amides is 1. The van der Waals surface area contributed by atoms with Crippen LogP contribution in [0.5, 0.6) is 0 Å². The molecule has 0 saturated carbocycles. The summed E-state index contributed by atoms with van der Waals surface area (Å²) >= 11 is 0. The molecule has 0 aliphatic heterocycles. The van der Waals surface area contributed by atoms with Crippen LogP contribution in [0.1, 0.15) is 438 Å². The van der Waals surface area contributed by atoms with E-state index in [4.69, 9.17) is 4.74 Å². The molecule has 2 atom stereocenters. The van der Waals surface area contributed by atoms with Crippen LogP contribution in [-0.4, -0.2) is 47.4 Å². The normalized spacial score (nSPS) is 12.5. The van der Waals surface area contributed by atoms with Crippen molar-refractivity contribution in [3.05, 3.63) is 12.2 Å². The average Bonchev–Trinajstić information content (AvgIpc) is 3.48. The first kappa shape index (κ1) is 80.6. The Morgan fingerprint density at radius 3 is 0.829 bits per heavy atom. The predicted octanol–water partition coefficient (Wildman–Crippen LogP) is 24.7. The maximum absolute atomic E-state index is 12.5. The Balaban J connectivity index is 3.36. The van der Waals surface area contributed by atoms with Crippen LogP contribution in [0.2, 0.25) is 0 Å². The highest BCUT2D eigenvalue weighted by Gasteiger charge is 2.18. The van der Waals surface area contributed by atoms with E-state index in [1.807, 2.05) is 6.08 Å². The van der Waals surface area contributed by atoms with E-state index >= 15 is 0 Å². The summed E-state index contributed by atoms with van der Waals surface area (Å²) in [7, 11) is 0. The Bertz CT molecular complexity index is 1240. The topological polar surface area (TPSA) is 95.9 Å². The van der Waals surface area contributed by atoms with Crippen molar-refractivity contribution >= 4 is 11.9 Å². The number of esters is 1. The molecule has 1 amide bonds. The maximum Gasteiger partial charge on any atom is 0.305 e. The lowest BCUT2D eigenvalue weighted by atomic mass is 10.0. The second-order valence-corrected chi connectivity index (χ2v) is 26.4. The van der Waals surface area contributed by atoms with Crippen molar-refractivity contribution in [2.75, 3.05) is 13.2 Å². The Kier molecular flexibility index (Phi) is 70.8. The SMILES string of the molecule is CCCCCCCCCCCCCCCCCCCCCC/C=C/C(O)C(CO)NC(=O)CCCCCCCCCCCCCCCCCCCCCCCCCCCCCOC(=O)CCCCCCCCCCCCCCCCCC. The molecule has 0 radical (unpaired) electrons. The summed E-state index contributed by atoms with van der Waals surface area (Å²) in [5.41, 5.74) is 0. The minimum Gasteiger partial charge on any atom is -0.466 e. The molecule has 0 aromatic heterocycles. The van der Waals surface area contributed by atoms with Gasteiger partial charge in [-0.05, 0) is 32.1 Å². The van der Waals surface area contributed by atoms with E-state index in [9.17, 15) is 19.8 Å². The molecular formula is C76H149NO5. The van der Waals surface area contributed by atoms with Gasteiger partial charge in [-0.2, -0.15) is 0 Å². The Morgan fingerprint density at radius 1 is 0.329 bits per heavy atom. The smallest absolute Gasteiger partial charge is 0.305 e. The zero-order chi connectivity index (χ0) is 59.2. The molecule has 0 aromatic carbocycles. The molecular weight excluding hydrogens is 1010 g/mol. The molecule has 2 unspecified atom stereocenters. The number of nitrogens with one attached hydrogen (secondary N) is 1. The molecule has 0 rings (SSSR count). The van der Waals surface area contributed by atoms with Gasteiger partial charge in [-0.25, -0.2) is 0 Å². The molecule has 0 fully saturated rings. The summed E-state index contributed by atoms with van der Waals surface area (Å²) < 4.78 is 5.51. The van der Waals surface area contributed by atoms with Crippen molar-refractivity contribution in [1.82, 2.24) is 5.32 Å². The van der Waals surface area contributed by atoms with Gasteiger partial charge in [-0.15, -0.1) is 0 Å². The number of ether oxygens (including phenoxy) is 1. The van der Waals surface area contributed by atoms with E-state index in [1.54, 1.807) is 6.08 Å². The minimum atomic E-state index is -0.843. The van der Waals surface area contributed by atoms with Gasteiger partial charge in [-0.3, -0.25) is 9.59 Å². The predicted molar refractivity (Wildman–Crippen MR) is 361 cm³/mol. The highest BCUT2D eigenvalue weighted by atomic mass is 16.5. The van der Waals surface area contributed by atoms with Gasteiger partial charge in [0, 0.05) is 12.8 Å². The third-order valence-electron chi connectivity index (χ3n) is 18.1. The van der Waals surface area contributed by atoms with E-state index in [-0.39, 0.29) is 18.5 Å². The molecule has 0 saturated heterocycles. The molecule has 3 N–H and O–H groups in total. The van der Waals surface area contributed by atoms with Crippen LogP contribution in [0, 0.1) is 0 Å². The van der Waals surface area contributed by atoms with E-state index in [0.29, 0.717) is 19.4 Å². The van der Waals surface area contributed by atoms with Crippen molar-refractivity contribution < 1.29 is 24.5 Å². The standard InChI is InChI=1S/C76H149NO5/c1-3-5-7-9-11-13-15-17-19-21-22-23-31-34-37-40-44-48-52-56-60-64-68-74(79)73(72-78)77-75(80)69-65-61-57-53-49-45-41-38-35-32-29-27-25-24-26-28-30-33-36-39-43-47-51-55-59-63-67-71-82-76(81)70-66-62-58-54-50-46-42-20-18-16-14-12-10-8-6-4-2/h64,68,73-74,78-79H,3-63,65-67,69-72H2,1-2H3,(H,77,80)/b68-64+. The van der Waals surface area contributed by atoms with Gasteiger partial charge in [0.05, 0.1) is 25.4 Å². The van der Waals surface area contributed by atoms with Crippen LogP contribution in [-0.2, 0) is 14.3 Å². The van der Waals surface area contributed by atoms with Crippen molar-refractivity contribution in [3.8, 4) is 0 Å². The van der Waals surface area contributed by atoms with Crippen LogP contribution < -0.4 is 5.32 Å². The fourth-order valence-corrected chi connectivity index (χ4v) is 12.3. The van der Waals surface area contributed by atoms with Gasteiger partial charge in [-0.1, -0.05) is 405 Å². The second-order valence-electron chi connectivity index (χ2n) is 26.4. The molecule has 0 heterocycles. The summed E-state index contributed by atoms with van der Waals surface area (Å²) in [6, 6.07) is -0.626. The summed E-state index contributed by atoms with van der Waals surface area (Å²) in [5, 5.41) is 23.3. The largest absolute Gasteiger partial charge is 0.466 e. The van der Waals surface area contributed by atoms with Crippen LogP contribution >= 0.6 is 0 Å². The fraction of sp³-hybridized carbons (Fsp3) is 0.947. The highest BCUT2D eigenvalue weighted by molar-refractivity contribution is 5.76.